The normalized spacial score (nSPS) is 11.2. The average Bonchev–Trinajstić information content (AvgIpc) is 2.66. The molecule has 0 aliphatic heterocycles. The van der Waals surface area contributed by atoms with Crippen LogP contribution >= 0.6 is 11.6 Å². The lowest BCUT2D eigenvalue weighted by molar-refractivity contribution is -0.115. The molecule has 1 heterocycles. The van der Waals surface area contributed by atoms with Crippen molar-refractivity contribution in [3.05, 3.63) is 53.3 Å². The Morgan fingerprint density at radius 3 is 2.82 bits per heavy atom. The number of rotatable bonds is 8. The van der Waals surface area contributed by atoms with E-state index >= 15 is 0 Å². The molecule has 2 aromatic rings. The molecule has 1 aromatic carbocycles. The van der Waals surface area contributed by atoms with Gasteiger partial charge >= 0.3 is 6.61 Å². The number of alkyl halides is 2. The lowest BCUT2D eigenvalue weighted by Crippen LogP contribution is -2.41. The summed E-state index contributed by atoms with van der Waals surface area (Å²) < 4.78 is 29.6. The van der Waals surface area contributed by atoms with Crippen molar-refractivity contribution in [2.45, 2.75) is 20.1 Å². The Bertz CT molecular complexity index is 806. The first-order chi connectivity index (χ1) is 13.5. The summed E-state index contributed by atoms with van der Waals surface area (Å²) in [5.74, 6) is 0.0446. The van der Waals surface area contributed by atoms with Crippen LogP contribution in [0.2, 0.25) is 5.02 Å². The molecule has 1 amide bonds. The molecule has 0 saturated heterocycles. The number of hydrogen-bond donors (Lipinski definition) is 3. The number of aliphatic imine (C=N–C) groups is 1. The van der Waals surface area contributed by atoms with E-state index in [2.05, 4.69) is 30.7 Å². The molecule has 0 atom stereocenters. The van der Waals surface area contributed by atoms with Crippen LogP contribution in [0.25, 0.3) is 0 Å². The molecule has 0 bridgehead atoms. The molecular weight excluding hydrogens is 392 g/mol. The summed E-state index contributed by atoms with van der Waals surface area (Å²) in [5, 5.41) is 8.90. The quantitative estimate of drug-likeness (QED) is 0.459. The molecular formula is C18H20ClF2N5O2. The zero-order valence-electron chi connectivity index (χ0n) is 15.1. The monoisotopic (exact) mass is 411 g/mol. The molecule has 28 heavy (non-hydrogen) atoms. The van der Waals surface area contributed by atoms with Gasteiger partial charge in [0.1, 0.15) is 5.75 Å². The van der Waals surface area contributed by atoms with Crippen molar-refractivity contribution < 1.29 is 18.3 Å². The summed E-state index contributed by atoms with van der Waals surface area (Å²) in [7, 11) is 0. The summed E-state index contributed by atoms with van der Waals surface area (Å²) in [5.41, 5.74) is 0.966. The zero-order valence-corrected chi connectivity index (χ0v) is 15.8. The van der Waals surface area contributed by atoms with Gasteiger partial charge < -0.3 is 20.7 Å². The molecule has 0 radical (unpaired) electrons. The Morgan fingerprint density at radius 1 is 1.32 bits per heavy atom. The van der Waals surface area contributed by atoms with Crippen LogP contribution in [0.4, 0.5) is 14.5 Å². The number of benzene rings is 1. The van der Waals surface area contributed by atoms with Gasteiger partial charge in [0.05, 0.1) is 25.0 Å². The highest BCUT2D eigenvalue weighted by atomic mass is 35.5. The van der Waals surface area contributed by atoms with Crippen LogP contribution in [-0.2, 0) is 11.3 Å². The molecule has 1 aromatic heterocycles. The van der Waals surface area contributed by atoms with Crippen LogP contribution in [0.5, 0.6) is 5.75 Å². The van der Waals surface area contributed by atoms with E-state index in [1.165, 1.54) is 24.4 Å². The molecule has 0 spiro atoms. The number of nitrogens with one attached hydrogen (secondary N) is 3. The fourth-order valence-corrected chi connectivity index (χ4v) is 2.39. The number of pyridine rings is 1. The molecule has 0 saturated carbocycles. The first-order valence-corrected chi connectivity index (χ1v) is 8.81. The van der Waals surface area contributed by atoms with Crippen LogP contribution in [0.3, 0.4) is 0 Å². The molecule has 0 unspecified atom stereocenters. The number of hydrogen-bond acceptors (Lipinski definition) is 4. The van der Waals surface area contributed by atoms with E-state index in [4.69, 9.17) is 11.6 Å². The minimum absolute atomic E-state index is 0.00619. The number of anilines is 1. The molecule has 10 heteroatoms. The smallest absolute Gasteiger partial charge is 0.387 e. The van der Waals surface area contributed by atoms with Gasteiger partial charge in [0.25, 0.3) is 0 Å². The second kappa shape index (κ2) is 11.0. The van der Waals surface area contributed by atoms with E-state index in [1.54, 1.807) is 18.3 Å². The third kappa shape index (κ3) is 7.36. The van der Waals surface area contributed by atoms with Crippen molar-refractivity contribution >= 4 is 29.2 Å². The minimum Gasteiger partial charge on any atom is -0.434 e. The standard InChI is InChI=1S/C18H20ClF2N5O2/c1-2-23-18(25-11-16(27)26-14-4-3-7-22-10-14)24-9-12-8-13(19)5-6-15(12)28-17(20)21/h3-8,10,17H,2,9,11H2,1H3,(H,26,27)(H2,23,24,25). The van der Waals surface area contributed by atoms with Gasteiger partial charge in [-0.25, -0.2) is 4.99 Å². The summed E-state index contributed by atoms with van der Waals surface area (Å²) in [6.07, 6.45) is 3.13. The van der Waals surface area contributed by atoms with E-state index in [0.717, 1.165) is 0 Å². The number of carbonyl (C=O) groups excluding carboxylic acids is 1. The molecule has 0 aliphatic rings. The third-order valence-corrected chi connectivity index (χ3v) is 3.59. The lowest BCUT2D eigenvalue weighted by atomic mass is 10.2. The highest BCUT2D eigenvalue weighted by Gasteiger charge is 2.11. The maximum Gasteiger partial charge on any atom is 0.387 e. The molecule has 0 aliphatic carbocycles. The van der Waals surface area contributed by atoms with E-state index in [1.807, 2.05) is 6.92 Å². The fraction of sp³-hybridized carbons (Fsp3) is 0.278. The van der Waals surface area contributed by atoms with E-state index in [-0.39, 0.29) is 24.7 Å². The molecule has 0 fully saturated rings. The predicted octanol–water partition coefficient (Wildman–Crippen LogP) is 3.03. The van der Waals surface area contributed by atoms with Crippen LogP contribution in [0, 0.1) is 0 Å². The zero-order chi connectivity index (χ0) is 20.4. The molecule has 7 nitrogen and oxygen atoms in total. The van der Waals surface area contributed by atoms with Crippen LogP contribution < -0.4 is 20.7 Å². The number of guanidine groups is 1. The molecule has 2 rings (SSSR count). The average molecular weight is 412 g/mol. The van der Waals surface area contributed by atoms with Crippen LogP contribution in [0.1, 0.15) is 12.5 Å². The van der Waals surface area contributed by atoms with Gasteiger partial charge in [0.15, 0.2) is 5.96 Å². The van der Waals surface area contributed by atoms with E-state index in [9.17, 15) is 13.6 Å². The Kier molecular flexibility index (Phi) is 8.41. The number of amides is 1. The summed E-state index contributed by atoms with van der Waals surface area (Å²) in [6, 6.07) is 7.74. The lowest BCUT2D eigenvalue weighted by Gasteiger charge is -2.13. The van der Waals surface area contributed by atoms with Gasteiger partial charge in [0.2, 0.25) is 5.91 Å². The highest BCUT2D eigenvalue weighted by molar-refractivity contribution is 6.30. The van der Waals surface area contributed by atoms with Crippen molar-refractivity contribution in [3.8, 4) is 5.75 Å². The molecule has 150 valence electrons. The van der Waals surface area contributed by atoms with Crippen molar-refractivity contribution in [2.24, 2.45) is 4.99 Å². The predicted molar refractivity (Wildman–Crippen MR) is 104 cm³/mol. The first kappa shape index (κ1) is 21.4. The van der Waals surface area contributed by atoms with Gasteiger partial charge in [-0.1, -0.05) is 11.6 Å². The largest absolute Gasteiger partial charge is 0.434 e. The van der Waals surface area contributed by atoms with Crippen molar-refractivity contribution in [2.75, 3.05) is 18.4 Å². The Morgan fingerprint density at radius 2 is 2.14 bits per heavy atom. The highest BCUT2D eigenvalue weighted by Crippen LogP contribution is 2.25. The minimum atomic E-state index is -2.95. The van der Waals surface area contributed by atoms with Crippen molar-refractivity contribution in [1.29, 1.82) is 0 Å². The summed E-state index contributed by atoms with van der Waals surface area (Å²) in [4.78, 5) is 20.2. The number of nitrogens with zero attached hydrogens (tertiary/aromatic N) is 2. The fourth-order valence-electron chi connectivity index (χ4n) is 2.19. The Hall–Kier alpha value is -2.94. The van der Waals surface area contributed by atoms with Crippen molar-refractivity contribution in [3.63, 3.8) is 0 Å². The Labute approximate surface area is 166 Å². The SMILES string of the molecule is CCNC(=NCc1cc(Cl)ccc1OC(F)F)NCC(=O)Nc1cccnc1. The van der Waals surface area contributed by atoms with E-state index < -0.39 is 6.61 Å². The molecule has 3 N–H and O–H groups in total. The van der Waals surface area contributed by atoms with Gasteiger partial charge in [0, 0.05) is 23.3 Å². The van der Waals surface area contributed by atoms with Crippen LogP contribution in [-0.4, -0.2) is 36.6 Å². The summed E-state index contributed by atoms with van der Waals surface area (Å²) >= 11 is 5.93. The van der Waals surface area contributed by atoms with E-state index in [0.29, 0.717) is 28.8 Å². The van der Waals surface area contributed by atoms with Gasteiger partial charge in [-0.15, -0.1) is 0 Å². The van der Waals surface area contributed by atoms with Gasteiger partial charge in [-0.05, 0) is 37.3 Å². The maximum absolute atomic E-state index is 12.5. The van der Waals surface area contributed by atoms with Gasteiger partial charge in [-0.3, -0.25) is 9.78 Å². The first-order valence-electron chi connectivity index (χ1n) is 8.43. The number of aromatic nitrogens is 1. The van der Waals surface area contributed by atoms with Crippen molar-refractivity contribution in [1.82, 2.24) is 15.6 Å². The van der Waals surface area contributed by atoms with Crippen LogP contribution in [0.15, 0.2) is 47.7 Å². The second-order valence-corrected chi connectivity index (χ2v) is 5.91. The topological polar surface area (TPSA) is 87.6 Å². The number of carbonyl (C=O) groups is 1. The Balaban J connectivity index is 2.00. The second-order valence-electron chi connectivity index (χ2n) is 5.47. The number of ether oxygens (including phenoxy) is 1. The van der Waals surface area contributed by atoms with Gasteiger partial charge in [-0.2, -0.15) is 8.78 Å². The number of halogens is 3. The maximum atomic E-state index is 12.5. The summed E-state index contributed by atoms with van der Waals surface area (Å²) in [6.45, 7) is -0.561. The third-order valence-electron chi connectivity index (χ3n) is 3.35.